The van der Waals surface area contributed by atoms with Gasteiger partial charge in [-0.15, -0.1) is 0 Å². The average molecular weight is 317 g/mol. The molecule has 0 atom stereocenters. The molecule has 0 radical (unpaired) electrons. The lowest BCUT2D eigenvalue weighted by Crippen LogP contribution is -2.27. The highest BCUT2D eigenvalue weighted by molar-refractivity contribution is 5.89. The molecule has 2 aromatic rings. The third-order valence-electron chi connectivity index (χ3n) is 3.54. The second kappa shape index (κ2) is 7.60. The summed E-state index contributed by atoms with van der Waals surface area (Å²) >= 11 is 0. The molecule has 0 aliphatic carbocycles. The number of ether oxygens (including phenoxy) is 2. The van der Waals surface area contributed by atoms with Crippen LogP contribution in [0, 0.1) is 0 Å². The molecule has 0 bridgehead atoms. The highest BCUT2D eigenvalue weighted by Gasteiger charge is 2.16. The number of amides is 1. The van der Waals surface area contributed by atoms with Gasteiger partial charge in [-0.3, -0.25) is 14.8 Å². The van der Waals surface area contributed by atoms with Crippen molar-refractivity contribution in [2.45, 2.75) is 19.4 Å². The molecule has 0 saturated carbocycles. The predicted octanol–water partition coefficient (Wildman–Crippen LogP) is 2.52. The molecule has 1 amide bonds. The molecule has 0 aliphatic heterocycles. The van der Waals surface area contributed by atoms with Gasteiger partial charge in [0, 0.05) is 17.4 Å². The predicted molar refractivity (Wildman–Crippen MR) is 84.1 cm³/mol. The van der Waals surface area contributed by atoms with Crippen molar-refractivity contribution in [1.82, 2.24) is 5.06 Å². The number of esters is 1. The molecule has 0 spiro atoms. The van der Waals surface area contributed by atoms with Crippen molar-refractivity contribution < 1.29 is 24.3 Å². The number of rotatable bonds is 6. The molecule has 1 N–H and O–H groups in total. The number of hydrogen-bond donors (Lipinski definition) is 1. The van der Waals surface area contributed by atoms with E-state index in [2.05, 4.69) is 4.74 Å². The van der Waals surface area contributed by atoms with Crippen LogP contribution in [0.15, 0.2) is 36.4 Å². The van der Waals surface area contributed by atoms with Gasteiger partial charge in [0.25, 0.3) is 0 Å². The maximum atomic E-state index is 11.9. The molecule has 0 unspecified atom stereocenters. The van der Waals surface area contributed by atoms with Crippen molar-refractivity contribution in [3.05, 3.63) is 42.0 Å². The minimum atomic E-state index is -0.550. The lowest BCUT2D eigenvalue weighted by atomic mass is 10.0. The molecule has 0 fully saturated rings. The summed E-state index contributed by atoms with van der Waals surface area (Å²) in [4.78, 5) is 22.9. The summed E-state index contributed by atoms with van der Waals surface area (Å²) in [6, 6.07) is 11.4. The Morgan fingerprint density at radius 1 is 1.09 bits per heavy atom. The van der Waals surface area contributed by atoms with E-state index in [-0.39, 0.29) is 19.4 Å². The van der Waals surface area contributed by atoms with Gasteiger partial charge in [-0.1, -0.05) is 36.4 Å². The van der Waals surface area contributed by atoms with Crippen LogP contribution in [0.25, 0.3) is 10.8 Å². The normalized spacial score (nSPS) is 10.4. The highest BCUT2D eigenvalue weighted by atomic mass is 16.5. The van der Waals surface area contributed by atoms with Gasteiger partial charge < -0.3 is 9.47 Å². The lowest BCUT2D eigenvalue weighted by Gasteiger charge is -2.18. The Balaban J connectivity index is 2.14. The Morgan fingerprint density at radius 3 is 2.52 bits per heavy atom. The molecule has 0 heterocycles. The van der Waals surface area contributed by atoms with Crippen molar-refractivity contribution in [3.63, 3.8) is 0 Å². The monoisotopic (exact) mass is 317 g/mol. The fraction of sp³-hybridized carbons (Fsp3) is 0.294. The second-order valence-corrected chi connectivity index (χ2v) is 5.01. The number of carbonyl (C=O) groups is 2. The minimum Gasteiger partial charge on any atom is -0.496 e. The number of benzene rings is 2. The third kappa shape index (κ3) is 3.98. The molecule has 6 heteroatoms. The number of fused-ring (bicyclic) bond motifs is 1. The molecule has 122 valence electrons. The maximum Gasteiger partial charge on any atom is 0.306 e. The van der Waals surface area contributed by atoms with Crippen LogP contribution in [0.1, 0.15) is 18.4 Å². The van der Waals surface area contributed by atoms with E-state index in [0.717, 1.165) is 10.8 Å². The Morgan fingerprint density at radius 2 is 1.83 bits per heavy atom. The van der Waals surface area contributed by atoms with Crippen molar-refractivity contribution in [3.8, 4) is 5.75 Å². The van der Waals surface area contributed by atoms with Crippen molar-refractivity contribution in [2.24, 2.45) is 0 Å². The molecule has 0 aliphatic rings. The Hall–Kier alpha value is -2.60. The molecular formula is C17H19NO5. The maximum absolute atomic E-state index is 11.9. The van der Waals surface area contributed by atoms with E-state index >= 15 is 0 Å². The standard InChI is InChI=1S/C17H19NO5/c1-22-16(20)10-9-15(19)18(21)11-13-8-7-12-5-3-4-6-14(12)17(13)23-2/h3-8,21H,9-11H2,1-2H3. The number of hydroxylamine groups is 2. The van der Waals surface area contributed by atoms with E-state index in [1.807, 2.05) is 30.3 Å². The quantitative estimate of drug-likeness (QED) is 0.503. The second-order valence-electron chi connectivity index (χ2n) is 5.01. The smallest absolute Gasteiger partial charge is 0.306 e. The Kier molecular flexibility index (Phi) is 5.54. The summed E-state index contributed by atoms with van der Waals surface area (Å²) in [7, 11) is 2.80. The summed E-state index contributed by atoms with van der Waals surface area (Å²) in [6.07, 6.45) is -0.180. The van der Waals surface area contributed by atoms with Crippen molar-refractivity contribution in [1.29, 1.82) is 0 Å². The van der Waals surface area contributed by atoms with Crippen LogP contribution in [0.2, 0.25) is 0 Å². The molecule has 6 nitrogen and oxygen atoms in total. The zero-order chi connectivity index (χ0) is 16.8. The number of hydrogen-bond acceptors (Lipinski definition) is 5. The van der Waals surface area contributed by atoms with Gasteiger partial charge >= 0.3 is 5.97 Å². The van der Waals surface area contributed by atoms with Gasteiger partial charge in [-0.2, -0.15) is 0 Å². The summed E-state index contributed by atoms with van der Waals surface area (Å²) in [6.45, 7) is -0.0198. The van der Waals surface area contributed by atoms with Gasteiger partial charge in [0.05, 0.1) is 27.2 Å². The van der Waals surface area contributed by atoms with E-state index in [1.165, 1.54) is 7.11 Å². The topological polar surface area (TPSA) is 76.1 Å². The number of nitrogens with zero attached hydrogens (tertiary/aromatic N) is 1. The van der Waals surface area contributed by atoms with Gasteiger partial charge in [0.1, 0.15) is 5.75 Å². The summed E-state index contributed by atoms with van der Waals surface area (Å²) in [5.74, 6) is -0.427. The molecule has 0 saturated heterocycles. The van der Waals surface area contributed by atoms with E-state index in [4.69, 9.17) is 4.74 Å². The van der Waals surface area contributed by atoms with Crippen LogP contribution in [0.3, 0.4) is 0 Å². The summed E-state index contributed by atoms with van der Waals surface area (Å²) in [5.41, 5.74) is 0.681. The molecule has 2 aromatic carbocycles. The third-order valence-corrected chi connectivity index (χ3v) is 3.54. The first-order chi connectivity index (χ1) is 11.1. The fourth-order valence-corrected chi connectivity index (χ4v) is 2.34. The van der Waals surface area contributed by atoms with Gasteiger partial charge in [-0.25, -0.2) is 5.06 Å². The first-order valence-corrected chi connectivity index (χ1v) is 7.17. The van der Waals surface area contributed by atoms with E-state index in [9.17, 15) is 14.8 Å². The van der Waals surface area contributed by atoms with Crippen LogP contribution in [-0.2, 0) is 20.9 Å². The largest absolute Gasteiger partial charge is 0.496 e. The molecule has 0 aromatic heterocycles. The Bertz CT molecular complexity index is 713. The van der Waals surface area contributed by atoms with E-state index in [1.54, 1.807) is 13.2 Å². The van der Waals surface area contributed by atoms with Crippen LogP contribution in [-0.4, -0.2) is 36.4 Å². The van der Waals surface area contributed by atoms with Gasteiger partial charge in [0.2, 0.25) is 5.91 Å². The first kappa shape index (κ1) is 16.8. The van der Waals surface area contributed by atoms with Crippen molar-refractivity contribution >= 4 is 22.6 Å². The summed E-state index contributed by atoms with van der Waals surface area (Å²) < 4.78 is 9.90. The molecule has 2 rings (SSSR count). The van der Waals surface area contributed by atoms with Crippen LogP contribution in [0.5, 0.6) is 5.75 Å². The number of methoxy groups -OCH3 is 2. The number of carbonyl (C=O) groups excluding carboxylic acids is 2. The first-order valence-electron chi connectivity index (χ1n) is 7.17. The summed E-state index contributed by atoms with van der Waals surface area (Å²) in [5, 5.41) is 12.4. The molecular weight excluding hydrogens is 298 g/mol. The van der Waals surface area contributed by atoms with Crippen LogP contribution < -0.4 is 4.74 Å². The van der Waals surface area contributed by atoms with E-state index in [0.29, 0.717) is 16.4 Å². The van der Waals surface area contributed by atoms with Crippen molar-refractivity contribution in [2.75, 3.05) is 14.2 Å². The Labute approximate surface area is 134 Å². The highest BCUT2D eigenvalue weighted by Crippen LogP contribution is 2.30. The van der Waals surface area contributed by atoms with Gasteiger partial charge in [0.15, 0.2) is 0 Å². The van der Waals surface area contributed by atoms with Crippen LogP contribution >= 0.6 is 0 Å². The minimum absolute atomic E-state index is 0.0198. The van der Waals surface area contributed by atoms with E-state index < -0.39 is 11.9 Å². The fourth-order valence-electron chi connectivity index (χ4n) is 2.34. The SMILES string of the molecule is COC(=O)CCC(=O)N(O)Cc1ccc2ccccc2c1OC. The zero-order valence-electron chi connectivity index (χ0n) is 13.1. The van der Waals surface area contributed by atoms with Gasteiger partial charge in [-0.05, 0) is 5.39 Å². The molecule has 23 heavy (non-hydrogen) atoms. The van der Waals surface area contributed by atoms with Crippen LogP contribution in [0.4, 0.5) is 0 Å². The average Bonchev–Trinajstić information content (AvgIpc) is 2.58. The lowest BCUT2D eigenvalue weighted by molar-refractivity contribution is -0.169. The zero-order valence-corrected chi connectivity index (χ0v) is 13.1.